The third-order valence-corrected chi connectivity index (χ3v) is 7.25. The third kappa shape index (κ3) is 4.88. The molecule has 178 valence electrons. The minimum Gasteiger partial charge on any atom is -0.396 e. The molecule has 0 bridgehead atoms. The summed E-state index contributed by atoms with van der Waals surface area (Å²) < 4.78 is 27.1. The Morgan fingerprint density at radius 3 is 2.71 bits per heavy atom. The zero-order valence-electron chi connectivity index (χ0n) is 18.7. The van der Waals surface area contributed by atoms with E-state index in [0.717, 1.165) is 52.2 Å². The van der Waals surface area contributed by atoms with Crippen LogP contribution in [0.2, 0.25) is 0 Å². The molecule has 2 atom stereocenters. The summed E-state index contributed by atoms with van der Waals surface area (Å²) in [6.07, 6.45) is 6.71. The summed E-state index contributed by atoms with van der Waals surface area (Å²) in [5.74, 6) is 0.0814. The average Bonchev–Trinajstić information content (AvgIpc) is 3.43. The summed E-state index contributed by atoms with van der Waals surface area (Å²) in [7, 11) is 0. The van der Waals surface area contributed by atoms with Crippen LogP contribution in [-0.4, -0.2) is 32.7 Å². The molecule has 2 aliphatic rings. The summed E-state index contributed by atoms with van der Waals surface area (Å²) in [6.45, 7) is 2.96. The quantitative estimate of drug-likeness (QED) is 0.394. The van der Waals surface area contributed by atoms with Gasteiger partial charge in [-0.3, -0.25) is 0 Å². The van der Waals surface area contributed by atoms with Crippen molar-refractivity contribution in [3.63, 3.8) is 0 Å². The number of aliphatic hydroxyl groups is 1. The zero-order valence-corrected chi connectivity index (χ0v) is 19.6. The maximum Gasteiger partial charge on any atom is 0.225 e. The highest BCUT2D eigenvalue weighted by Crippen LogP contribution is 2.38. The van der Waals surface area contributed by atoms with E-state index in [4.69, 9.17) is 9.97 Å². The second-order valence-corrected chi connectivity index (χ2v) is 9.77. The number of anilines is 2. The lowest BCUT2D eigenvalue weighted by Gasteiger charge is -2.18. The number of hydrogen-bond donors (Lipinski definition) is 4. The number of aryl methyl sites for hydroxylation is 1. The van der Waals surface area contributed by atoms with Crippen LogP contribution >= 0.6 is 11.3 Å². The van der Waals surface area contributed by atoms with Crippen LogP contribution in [0.5, 0.6) is 0 Å². The topological polar surface area (TPSA) is 95.0 Å². The Labute approximate surface area is 200 Å². The molecular formula is C24H26F2N6OS. The molecule has 3 heterocycles. The number of hydrogen-bond acceptors (Lipinski definition) is 8. The van der Waals surface area contributed by atoms with Gasteiger partial charge >= 0.3 is 0 Å². The van der Waals surface area contributed by atoms with Crippen molar-refractivity contribution in [3.05, 3.63) is 57.9 Å². The molecule has 10 heteroatoms. The molecule has 0 amide bonds. The maximum atomic E-state index is 13.6. The molecule has 4 N–H and O–H groups in total. The van der Waals surface area contributed by atoms with Crippen LogP contribution in [0.25, 0.3) is 16.6 Å². The number of thiazole rings is 1. The number of nitrogens with zero attached hydrogens (tertiary/aromatic N) is 3. The van der Waals surface area contributed by atoms with Crippen LogP contribution in [0, 0.1) is 24.5 Å². The SMILES string of the molecule is Cc1nc(NCc2cc(F)cc(F)c2)nc(N[C@H]2CC[C@@H](CO)C2)c1-c1nc2c(s1)C=CNC2. The lowest BCUT2D eigenvalue weighted by Crippen LogP contribution is -2.19. The zero-order chi connectivity index (χ0) is 23.7. The molecule has 7 nitrogen and oxygen atoms in total. The summed E-state index contributed by atoms with van der Waals surface area (Å²) in [5.41, 5.74) is 3.06. The number of nitrogens with one attached hydrogen (secondary N) is 3. The van der Waals surface area contributed by atoms with E-state index in [9.17, 15) is 13.9 Å². The predicted octanol–water partition coefficient (Wildman–Crippen LogP) is 4.45. The number of fused-ring (bicyclic) bond motifs is 1. The summed E-state index contributed by atoms with van der Waals surface area (Å²) in [4.78, 5) is 15.3. The minimum absolute atomic E-state index is 0.184. The van der Waals surface area contributed by atoms with Gasteiger partial charge in [0.25, 0.3) is 0 Å². The molecule has 3 aromatic rings. The van der Waals surface area contributed by atoms with Crippen molar-refractivity contribution in [2.24, 2.45) is 5.92 Å². The number of aliphatic hydroxyl groups excluding tert-OH is 1. The Balaban J connectivity index is 1.46. The van der Waals surface area contributed by atoms with Crippen molar-refractivity contribution in [2.75, 3.05) is 17.2 Å². The molecule has 1 fully saturated rings. The van der Waals surface area contributed by atoms with Crippen molar-refractivity contribution in [3.8, 4) is 10.6 Å². The van der Waals surface area contributed by atoms with E-state index >= 15 is 0 Å². The van der Waals surface area contributed by atoms with E-state index in [1.54, 1.807) is 11.3 Å². The molecule has 1 aromatic carbocycles. The first-order chi connectivity index (χ1) is 16.5. The molecule has 5 rings (SSSR count). The van der Waals surface area contributed by atoms with Gasteiger partial charge in [-0.1, -0.05) is 0 Å². The lowest BCUT2D eigenvalue weighted by molar-refractivity contribution is 0.229. The molecule has 1 aliphatic heterocycles. The molecule has 0 radical (unpaired) electrons. The van der Waals surface area contributed by atoms with Crippen molar-refractivity contribution < 1.29 is 13.9 Å². The smallest absolute Gasteiger partial charge is 0.225 e. The van der Waals surface area contributed by atoms with E-state index in [-0.39, 0.29) is 25.1 Å². The fourth-order valence-corrected chi connectivity index (χ4v) is 5.57. The van der Waals surface area contributed by atoms with E-state index in [0.29, 0.717) is 23.9 Å². The highest BCUT2D eigenvalue weighted by molar-refractivity contribution is 7.16. The summed E-state index contributed by atoms with van der Waals surface area (Å²) in [6, 6.07) is 3.60. The van der Waals surface area contributed by atoms with Gasteiger partial charge in [0.15, 0.2) is 0 Å². The number of benzene rings is 1. The van der Waals surface area contributed by atoms with Crippen molar-refractivity contribution in [1.82, 2.24) is 20.3 Å². The highest BCUT2D eigenvalue weighted by atomic mass is 32.1. The van der Waals surface area contributed by atoms with Gasteiger partial charge < -0.3 is 21.1 Å². The first-order valence-electron chi connectivity index (χ1n) is 11.3. The fraction of sp³-hybridized carbons (Fsp3) is 0.375. The van der Waals surface area contributed by atoms with Gasteiger partial charge in [-0.2, -0.15) is 4.98 Å². The molecule has 0 unspecified atom stereocenters. The molecule has 2 aromatic heterocycles. The number of aromatic nitrogens is 3. The second-order valence-electron chi connectivity index (χ2n) is 8.73. The number of rotatable bonds is 7. The monoisotopic (exact) mass is 484 g/mol. The van der Waals surface area contributed by atoms with Gasteiger partial charge in [-0.25, -0.2) is 18.7 Å². The van der Waals surface area contributed by atoms with Crippen LogP contribution in [0.4, 0.5) is 20.5 Å². The minimum atomic E-state index is -0.623. The molecule has 1 saturated carbocycles. The van der Waals surface area contributed by atoms with Crippen molar-refractivity contribution in [2.45, 2.75) is 45.3 Å². The van der Waals surface area contributed by atoms with E-state index in [1.807, 2.05) is 19.2 Å². The van der Waals surface area contributed by atoms with Gasteiger partial charge in [0.05, 0.1) is 28.4 Å². The number of halogens is 2. The Hall–Kier alpha value is -3.11. The Morgan fingerprint density at radius 1 is 1.15 bits per heavy atom. The average molecular weight is 485 g/mol. The predicted molar refractivity (Wildman–Crippen MR) is 129 cm³/mol. The van der Waals surface area contributed by atoms with Crippen LogP contribution in [0.15, 0.2) is 24.4 Å². The van der Waals surface area contributed by atoms with Gasteiger partial charge in [-0.05, 0) is 62.1 Å². The van der Waals surface area contributed by atoms with Crippen LogP contribution in [0.3, 0.4) is 0 Å². The van der Waals surface area contributed by atoms with Gasteiger partial charge in [0.2, 0.25) is 5.95 Å². The first-order valence-corrected chi connectivity index (χ1v) is 12.1. The third-order valence-electron chi connectivity index (χ3n) is 6.17. The Kier molecular flexibility index (Phi) is 6.42. The molecule has 34 heavy (non-hydrogen) atoms. The Morgan fingerprint density at radius 2 is 1.97 bits per heavy atom. The Bertz CT molecular complexity index is 1210. The van der Waals surface area contributed by atoms with Crippen LogP contribution in [-0.2, 0) is 13.1 Å². The molecule has 0 spiro atoms. The summed E-state index contributed by atoms with van der Waals surface area (Å²) in [5, 5.41) is 20.2. The molecular weight excluding hydrogens is 458 g/mol. The summed E-state index contributed by atoms with van der Waals surface area (Å²) >= 11 is 1.60. The maximum absolute atomic E-state index is 13.6. The largest absolute Gasteiger partial charge is 0.396 e. The normalized spacial score (nSPS) is 19.1. The van der Waals surface area contributed by atoms with Gasteiger partial charge in [0.1, 0.15) is 22.5 Å². The highest BCUT2D eigenvalue weighted by Gasteiger charge is 2.27. The van der Waals surface area contributed by atoms with Crippen molar-refractivity contribution in [1.29, 1.82) is 0 Å². The second kappa shape index (κ2) is 9.63. The van der Waals surface area contributed by atoms with Crippen LogP contribution in [0.1, 0.15) is 41.1 Å². The van der Waals surface area contributed by atoms with Crippen molar-refractivity contribution >= 4 is 29.2 Å². The standard InChI is InChI=1S/C24H26F2N6OS/c1-13-21(23-31-19-11-27-5-4-20(19)34-23)22(30-18-3-2-14(8-18)12-33)32-24(29-13)28-10-15-6-16(25)9-17(26)7-15/h4-7,9,14,18,27,33H,2-3,8,10-12H2,1H3,(H2,28,29,30,32)/t14-,18+/m1/s1. The lowest BCUT2D eigenvalue weighted by atomic mass is 10.1. The molecule has 1 aliphatic carbocycles. The van der Waals surface area contributed by atoms with Crippen LogP contribution < -0.4 is 16.0 Å². The van der Waals surface area contributed by atoms with Gasteiger partial charge in [0, 0.05) is 25.3 Å². The van der Waals surface area contributed by atoms with E-state index < -0.39 is 11.6 Å². The van der Waals surface area contributed by atoms with E-state index in [2.05, 4.69) is 20.9 Å². The van der Waals surface area contributed by atoms with Gasteiger partial charge in [-0.15, -0.1) is 11.3 Å². The fourth-order valence-electron chi connectivity index (χ4n) is 4.49. The first kappa shape index (κ1) is 22.7. The van der Waals surface area contributed by atoms with E-state index in [1.165, 1.54) is 12.1 Å². The molecule has 0 saturated heterocycles.